The van der Waals surface area contributed by atoms with Crippen molar-refractivity contribution in [1.82, 2.24) is 9.62 Å². The first-order chi connectivity index (χ1) is 9.15. The maximum atomic E-state index is 12.4. The second-order valence-electron chi connectivity index (χ2n) is 5.52. The summed E-state index contributed by atoms with van der Waals surface area (Å²) < 4.78 is 26.6. The van der Waals surface area contributed by atoms with Crippen LogP contribution in [0.4, 0.5) is 0 Å². The molecule has 2 unspecified atom stereocenters. The van der Waals surface area contributed by atoms with Crippen LogP contribution in [0.5, 0.6) is 0 Å². The fourth-order valence-electron chi connectivity index (χ4n) is 3.11. The minimum absolute atomic E-state index is 0.118. The summed E-state index contributed by atoms with van der Waals surface area (Å²) in [6, 6.07) is 9.79. The lowest BCUT2D eigenvalue weighted by Crippen LogP contribution is -2.41. The van der Waals surface area contributed by atoms with Gasteiger partial charge in [0.15, 0.2) is 0 Å². The first-order valence-electron chi connectivity index (χ1n) is 6.90. The normalized spacial score (nSPS) is 28.2. The van der Waals surface area contributed by atoms with Crippen molar-refractivity contribution in [2.24, 2.45) is 5.92 Å². The Morgan fingerprint density at radius 3 is 2.74 bits per heavy atom. The van der Waals surface area contributed by atoms with Gasteiger partial charge in [0.05, 0.1) is 5.75 Å². The van der Waals surface area contributed by atoms with Gasteiger partial charge in [0.25, 0.3) is 0 Å². The molecule has 2 atom stereocenters. The molecule has 104 valence electrons. The van der Waals surface area contributed by atoms with Crippen LogP contribution in [0.3, 0.4) is 0 Å². The molecule has 5 heteroatoms. The van der Waals surface area contributed by atoms with E-state index in [9.17, 15) is 8.42 Å². The van der Waals surface area contributed by atoms with Crippen LogP contribution in [-0.4, -0.2) is 38.4 Å². The first kappa shape index (κ1) is 13.1. The molecule has 0 saturated carbocycles. The average molecular weight is 280 g/mol. The molecule has 3 rings (SSSR count). The van der Waals surface area contributed by atoms with Crippen molar-refractivity contribution in [3.63, 3.8) is 0 Å². The molecule has 1 aromatic carbocycles. The van der Waals surface area contributed by atoms with Gasteiger partial charge in [-0.3, -0.25) is 0 Å². The topological polar surface area (TPSA) is 49.4 Å². The summed E-state index contributed by atoms with van der Waals surface area (Å²) in [5, 5.41) is 3.44. The van der Waals surface area contributed by atoms with Crippen molar-refractivity contribution in [2.45, 2.75) is 24.6 Å². The van der Waals surface area contributed by atoms with E-state index < -0.39 is 10.0 Å². The fourth-order valence-corrected chi connectivity index (χ4v) is 4.71. The summed E-state index contributed by atoms with van der Waals surface area (Å²) in [7, 11) is -3.18. The highest BCUT2D eigenvalue weighted by Gasteiger charge is 2.39. The minimum Gasteiger partial charge on any atom is -0.312 e. The predicted octanol–water partition coefficient (Wildman–Crippen LogP) is 1.20. The molecular formula is C14H20N2O2S. The summed E-state index contributed by atoms with van der Waals surface area (Å²) in [5.74, 6) is 0.618. The number of nitrogens with zero attached hydrogens (tertiary/aromatic N) is 1. The smallest absolute Gasteiger partial charge is 0.218 e. The Labute approximate surface area is 114 Å². The molecule has 2 aliphatic rings. The van der Waals surface area contributed by atoms with E-state index >= 15 is 0 Å². The highest BCUT2D eigenvalue weighted by molar-refractivity contribution is 7.88. The maximum Gasteiger partial charge on any atom is 0.218 e. The lowest BCUT2D eigenvalue weighted by atomic mass is 9.94. The van der Waals surface area contributed by atoms with Gasteiger partial charge in [-0.25, -0.2) is 8.42 Å². The maximum absolute atomic E-state index is 12.4. The number of hydrogen-bond acceptors (Lipinski definition) is 3. The molecule has 0 radical (unpaired) electrons. The van der Waals surface area contributed by atoms with Gasteiger partial charge in [0.2, 0.25) is 10.0 Å². The number of benzene rings is 1. The molecule has 0 amide bonds. The first-order valence-corrected chi connectivity index (χ1v) is 8.51. The Hall–Kier alpha value is -0.910. The standard InChI is InChI=1S/C14H20N2O2S/c17-19(18,11-12-5-2-1-3-6-12)16-9-13-7-4-8-15-14(13)10-16/h1-3,5-6,13-15H,4,7-11H2. The molecule has 4 nitrogen and oxygen atoms in total. The van der Waals surface area contributed by atoms with Crippen LogP contribution in [0.2, 0.25) is 0 Å². The van der Waals surface area contributed by atoms with Crippen molar-refractivity contribution in [3.8, 4) is 0 Å². The summed E-state index contributed by atoms with van der Waals surface area (Å²) in [5.41, 5.74) is 0.866. The van der Waals surface area contributed by atoms with Gasteiger partial charge in [-0.2, -0.15) is 4.31 Å². The number of rotatable bonds is 3. The minimum atomic E-state index is -3.18. The van der Waals surface area contributed by atoms with Crippen molar-refractivity contribution in [2.75, 3.05) is 19.6 Å². The third-order valence-corrected chi connectivity index (χ3v) is 5.93. The zero-order chi connectivity index (χ0) is 13.3. The Morgan fingerprint density at radius 1 is 1.21 bits per heavy atom. The Bertz CT molecular complexity index is 516. The SMILES string of the molecule is O=S(=O)(Cc1ccccc1)N1CC2CCCNC2C1. The largest absolute Gasteiger partial charge is 0.312 e. The second-order valence-corrected chi connectivity index (χ2v) is 7.49. The molecule has 2 saturated heterocycles. The molecule has 2 fully saturated rings. The van der Waals surface area contributed by atoms with E-state index in [2.05, 4.69) is 5.32 Å². The van der Waals surface area contributed by atoms with Crippen LogP contribution in [0.15, 0.2) is 30.3 Å². The van der Waals surface area contributed by atoms with Gasteiger partial charge in [0, 0.05) is 19.1 Å². The van der Waals surface area contributed by atoms with E-state index in [4.69, 9.17) is 0 Å². The molecule has 0 aromatic heterocycles. The van der Waals surface area contributed by atoms with Crippen LogP contribution < -0.4 is 5.32 Å². The highest BCUT2D eigenvalue weighted by Crippen LogP contribution is 2.27. The van der Waals surface area contributed by atoms with E-state index in [0.29, 0.717) is 25.0 Å². The monoisotopic (exact) mass is 280 g/mol. The Morgan fingerprint density at radius 2 is 2.00 bits per heavy atom. The summed E-state index contributed by atoms with van der Waals surface area (Å²) >= 11 is 0. The van der Waals surface area contributed by atoms with Gasteiger partial charge in [-0.15, -0.1) is 0 Å². The molecule has 1 aromatic rings. The second kappa shape index (κ2) is 5.23. The van der Waals surface area contributed by atoms with Gasteiger partial charge in [0.1, 0.15) is 0 Å². The van der Waals surface area contributed by atoms with Gasteiger partial charge in [-0.1, -0.05) is 30.3 Å². The predicted molar refractivity (Wildman–Crippen MR) is 75.2 cm³/mol. The van der Waals surface area contributed by atoms with E-state index in [-0.39, 0.29) is 5.75 Å². The van der Waals surface area contributed by atoms with Crippen molar-refractivity contribution >= 4 is 10.0 Å². The Balaban J connectivity index is 1.71. The van der Waals surface area contributed by atoms with Crippen molar-refractivity contribution in [3.05, 3.63) is 35.9 Å². The molecular weight excluding hydrogens is 260 g/mol. The third kappa shape index (κ3) is 2.83. The third-order valence-electron chi connectivity index (χ3n) is 4.15. The van der Waals surface area contributed by atoms with Gasteiger partial charge >= 0.3 is 0 Å². The van der Waals surface area contributed by atoms with E-state index in [1.54, 1.807) is 4.31 Å². The van der Waals surface area contributed by atoms with Crippen LogP contribution in [0.1, 0.15) is 18.4 Å². The molecule has 0 aliphatic carbocycles. The van der Waals surface area contributed by atoms with E-state index in [1.165, 1.54) is 0 Å². The van der Waals surface area contributed by atoms with Crippen molar-refractivity contribution in [1.29, 1.82) is 0 Å². The van der Waals surface area contributed by atoms with Crippen LogP contribution in [-0.2, 0) is 15.8 Å². The molecule has 0 spiro atoms. The van der Waals surface area contributed by atoms with Gasteiger partial charge < -0.3 is 5.32 Å². The van der Waals surface area contributed by atoms with Crippen LogP contribution in [0.25, 0.3) is 0 Å². The lowest BCUT2D eigenvalue weighted by Gasteiger charge is -2.24. The zero-order valence-corrected chi connectivity index (χ0v) is 11.8. The quantitative estimate of drug-likeness (QED) is 0.905. The van der Waals surface area contributed by atoms with E-state index in [0.717, 1.165) is 24.9 Å². The van der Waals surface area contributed by atoms with Crippen LogP contribution in [0, 0.1) is 5.92 Å². The molecule has 0 bridgehead atoms. The number of nitrogens with one attached hydrogen (secondary N) is 1. The molecule has 2 aliphatic heterocycles. The van der Waals surface area contributed by atoms with Crippen LogP contribution >= 0.6 is 0 Å². The van der Waals surface area contributed by atoms with Crippen molar-refractivity contribution < 1.29 is 8.42 Å². The summed E-state index contributed by atoms with van der Waals surface area (Å²) in [6.45, 7) is 2.35. The summed E-state index contributed by atoms with van der Waals surface area (Å²) in [4.78, 5) is 0. The lowest BCUT2D eigenvalue weighted by molar-refractivity contribution is 0.339. The highest BCUT2D eigenvalue weighted by atomic mass is 32.2. The number of hydrogen-bond donors (Lipinski definition) is 1. The Kier molecular flexibility index (Phi) is 3.60. The number of piperidine rings is 1. The number of fused-ring (bicyclic) bond motifs is 1. The molecule has 1 N–H and O–H groups in total. The molecule has 2 heterocycles. The van der Waals surface area contributed by atoms with E-state index in [1.807, 2.05) is 30.3 Å². The summed E-state index contributed by atoms with van der Waals surface area (Å²) in [6.07, 6.45) is 2.31. The zero-order valence-electron chi connectivity index (χ0n) is 11.0. The average Bonchev–Trinajstić information content (AvgIpc) is 2.84. The fraction of sp³-hybridized carbons (Fsp3) is 0.571. The molecule has 19 heavy (non-hydrogen) atoms. The number of sulfonamides is 1. The van der Waals surface area contributed by atoms with Gasteiger partial charge in [-0.05, 0) is 30.9 Å².